The van der Waals surface area contributed by atoms with E-state index in [0.29, 0.717) is 11.4 Å². The van der Waals surface area contributed by atoms with Crippen LogP contribution >= 0.6 is 0 Å². The number of carbonyl (C=O) groups excluding carboxylic acids is 1. The minimum Gasteiger partial charge on any atom is -0.457 e. The fraction of sp³-hybridized carbons (Fsp3) is 0.0952. The molecule has 0 spiro atoms. The van der Waals surface area contributed by atoms with E-state index in [-0.39, 0.29) is 5.56 Å². The van der Waals surface area contributed by atoms with E-state index in [1.807, 2.05) is 24.3 Å². The van der Waals surface area contributed by atoms with Crippen molar-refractivity contribution in [2.45, 2.75) is 13.3 Å². The largest absolute Gasteiger partial charge is 0.457 e. The first kappa shape index (κ1) is 16.7. The lowest BCUT2D eigenvalue weighted by atomic mass is 10.2. The van der Waals surface area contributed by atoms with Crippen LogP contribution in [0.3, 0.4) is 0 Å². The van der Waals surface area contributed by atoms with Gasteiger partial charge in [0.15, 0.2) is 0 Å². The van der Waals surface area contributed by atoms with Gasteiger partial charge in [0.1, 0.15) is 17.3 Å². The summed E-state index contributed by atoms with van der Waals surface area (Å²) >= 11 is 0. The summed E-state index contributed by atoms with van der Waals surface area (Å²) in [7, 11) is 0. The van der Waals surface area contributed by atoms with Crippen molar-refractivity contribution in [1.29, 1.82) is 0 Å². The lowest BCUT2D eigenvalue weighted by Crippen LogP contribution is -2.13. The molecule has 3 rings (SSSR count). The number of carbonyl (C=O) groups is 1. The van der Waals surface area contributed by atoms with Crippen LogP contribution < -0.4 is 10.1 Å². The summed E-state index contributed by atoms with van der Waals surface area (Å²) in [4.78, 5) is 12.2. The van der Waals surface area contributed by atoms with Gasteiger partial charge in [0.25, 0.3) is 5.91 Å². The zero-order chi connectivity index (χ0) is 17.6. The molecular formula is C21H18FNO2. The number of amides is 1. The van der Waals surface area contributed by atoms with Gasteiger partial charge in [-0.1, -0.05) is 37.3 Å². The number of anilines is 1. The maximum Gasteiger partial charge on any atom is 0.258 e. The SMILES string of the molecule is CCc1ccc(Oc2cccc(NC(=O)c3ccccc3F)c2)cc1. The molecule has 0 radical (unpaired) electrons. The fourth-order valence-corrected chi connectivity index (χ4v) is 2.41. The summed E-state index contributed by atoms with van der Waals surface area (Å²) in [5.41, 5.74) is 1.78. The molecule has 0 heterocycles. The van der Waals surface area contributed by atoms with Gasteiger partial charge in [-0.05, 0) is 48.4 Å². The Bertz CT molecular complexity index is 875. The summed E-state index contributed by atoms with van der Waals surface area (Å²) in [5, 5.41) is 2.68. The maximum absolute atomic E-state index is 13.7. The topological polar surface area (TPSA) is 38.3 Å². The minimum absolute atomic E-state index is 0.00368. The number of hydrogen-bond donors (Lipinski definition) is 1. The molecule has 0 atom stereocenters. The van der Waals surface area contributed by atoms with Crippen LogP contribution in [-0.2, 0) is 6.42 Å². The zero-order valence-electron chi connectivity index (χ0n) is 13.8. The lowest BCUT2D eigenvalue weighted by Gasteiger charge is -2.10. The minimum atomic E-state index is -0.552. The third kappa shape index (κ3) is 4.23. The molecule has 0 bridgehead atoms. The molecule has 0 aliphatic carbocycles. The molecule has 3 aromatic rings. The maximum atomic E-state index is 13.7. The van der Waals surface area contributed by atoms with Crippen LogP contribution in [0.2, 0.25) is 0 Å². The number of hydrogen-bond acceptors (Lipinski definition) is 2. The second-order valence-corrected chi connectivity index (χ2v) is 5.56. The van der Waals surface area contributed by atoms with Gasteiger partial charge in [-0.15, -0.1) is 0 Å². The normalized spacial score (nSPS) is 10.3. The molecule has 0 unspecified atom stereocenters. The number of benzene rings is 3. The standard InChI is InChI=1S/C21H18FNO2/c1-2-15-10-12-17(13-11-15)25-18-7-5-6-16(14-18)23-21(24)19-8-3-4-9-20(19)22/h3-14H,2H2,1H3,(H,23,24). The van der Waals surface area contributed by atoms with E-state index in [9.17, 15) is 9.18 Å². The molecule has 4 heteroatoms. The van der Waals surface area contributed by atoms with Crippen LogP contribution in [0.5, 0.6) is 11.5 Å². The zero-order valence-corrected chi connectivity index (χ0v) is 13.8. The molecule has 3 aromatic carbocycles. The first-order chi connectivity index (χ1) is 12.2. The second-order valence-electron chi connectivity index (χ2n) is 5.56. The van der Waals surface area contributed by atoms with Gasteiger partial charge in [0, 0.05) is 11.8 Å². The summed E-state index contributed by atoms with van der Waals surface area (Å²) in [6.07, 6.45) is 0.970. The Labute approximate surface area is 146 Å². The Morgan fingerprint density at radius 1 is 0.960 bits per heavy atom. The van der Waals surface area contributed by atoms with Gasteiger partial charge in [-0.3, -0.25) is 4.79 Å². The van der Waals surface area contributed by atoms with Crippen LogP contribution in [0.1, 0.15) is 22.8 Å². The monoisotopic (exact) mass is 335 g/mol. The van der Waals surface area contributed by atoms with E-state index in [2.05, 4.69) is 12.2 Å². The second kappa shape index (κ2) is 7.62. The van der Waals surface area contributed by atoms with Crippen LogP contribution in [0.25, 0.3) is 0 Å². The highest BCUT2D eigenvalue weighted by atomic mass is 19.1. The molecule has 126 valence electrons. The molecule has 1 amide bonds. The summed E-state index contributed by atoms with van der Waals surface area (Å²) in [6, 6.07) is 20.7. The van der Waals surface area contributed by atoms with Crippen molar-refractivity contribution >= 4 is 11.6 Å². The van der Waals surface area contributed by atoms with Gasteiger partial charge in [-0.2, -0.15) is 0 Å². The van der Waals surface area contributed by atoms with E-state index < -0.39 is 11.7 Å². The average Bonchev–Trinajstić information content (AvgIpc) is 2.63. The number of ether oxygens (including phenoxy) is 1. The Morgan fingerprint density at radius 2 is 1.72 bits per heavy atom. The van der Waals surface area contributed by atoms with E-state index in [0.717, 1.165) is 12.2 Å². The predicted molar refractivity (Wildman–Crippen MR) is 96.7 cm³/mol. The third-order valence-corrected chi connectivity index (χ3v) is 3.78. The van der Waals surface area contributed by atoms with Crippen molar-refractivity contribution < 1.29 is 13.9 Å². The van der Waals surface area contributed by atoms with Crippen LogP contribution in [0.4, 0.5) is 10.1 Å². The fourth-order valence-electron chi connectivity index (χ4n) is 2.41. The van der Waals surface area contributed by atoms with Gasteiger partial charge in [0.2, 0.25) is 0 Å². The predicted octanol–water partition coefficient (Wildman–Crippen LogP) is 5.43. The quantitative estimate of drug-likeness (QED) is 0.675. The van der Waals surface area contributed by atoms with E-state index in [1.165, 1.54) is 17.7 Å². The van der Waals surface area contributed by atoms with E-state index >= 15 is 0 Å². The Balaban J connectivity index is 1.72. The molecule has 0 fully saturated rings. The third-order valence-electron chi connectivity index (χ3n) is 3.78. The van der Waals surface area contributed by atoms with Crippen LogP contribution in [-0.4, -0.2) is 5.91 Å². The molecule has 1 N–H and O–H groups in total. The molecule has 0 saturated heterocycles. The summed E-state index contributed by atoms with van der Waals surface area (Å²) < 4.78 is 19.5. The van der Waals surface area contributed by atoms with Crippen molar-refractivity contribution in [2.24, 2.45) is 0 Å². The van der Waals surface area contributed by atoms with Gasteiger partial charge >= 0.3 is 0 Å². The van der Waals surface area contributed by atoms with Crippen LogP contribution in [0, 0.1) is 5.82 Å². The van der Waals surface area contributed by atoms with Gasteiger partial charge in [-0.25, -0.2) is 4.39 Å². The van der Waals surface area contributed by atoms with Crippen LogP contribution in [0.15, 0.2) is 72.8 Å². The summed E-state index contributed by atoms with van der Waals surface area (Å²) in [5.74, 6) is 0.260. The Kier molecular flexibility index (Phi) is 5.09. The molecular weight excluding hydrogens is 317 g/mol. The first-order valence-corrected chi connectivity index (χ1v) is 8.08. The molecule has 0 aliphatic heterocycles. The molecule has 0 aromatic heterocycles. The number of aryl methyl sites for hydroxylation is 1. The van der Waals surface area contributed by atoms with Crippen molar-refractivity contribution in [3.05, 3.63) is 89.7 Å². The van der Waals surface area contributed by atoms with Crippen molar-refractivity contribution in [2.75, 3.05) is 5.32 Å². The van der Waals surface area contributed by atoms with Gasteiger partial charge < -0.3 is 10.1 Å². The van der Waals surface area contributed by atoms with Gasteiger partial charge in [0.05, 0.1) is 5.56 Å². The number of nitrogens with one attached hydrogen (secondary N) is 1. The first-order valence-electron chi connectivity index (χ1n) is 8.08. The Hall–Kier alpha value is -3.14. The molecule has 0 aliphatic rings. The smallest absolute Gasteiger partial charge is 0.258 e. The van der Waals surface area contributed by atoms with Crippen molar-refractivity contribution in [1.82, 2.24) is 0 Å². The average molecular weight is 335 g/mol. The van der Waals surface area contributed by atoms with Crippen molar-refractivity contribution in [3.63, 3.8) is 0 Å². The van der Waals surface area contributed by atoms with Crippen molar-refractivity contribution in [3.8, 4) is 11.5 Å². The highest BCUT2D eigenvalue weighted by Crippen LogP contribution is 2.25. The molecule has 3 nitrogen and oxygen atoms in total. The number of halogens is 1. The Morgan fingerprint density at radius 3 is 2.44 bits per heavy atom. The number of rotatable bonds is 5. The molecule has 25 heavy (non-hydrogen) atoms. The highest BCUT2D eigenvalue weighted by Gasteiger charge is 2.11. The van der Waals surface area contributed by atoms with E-state index in [1.54, 1.807) is 36.4 Å². The van der Waals surface area contributed by atoms with E-state index in [4.69, 9.17) is 4.74 Å². The highest BCUT2D eigenvalue weighted by molar-refractivity contribution is 6.04. The lowest BCUT2D eigenvalue weighted by molar-refractivity contribution is 0.102. The summed E-state index contributed by atoms with van der Waals surface area (Å²) in [6.45, 7) is 2.09. The molecule has 0 saturated carbocycles.